The van der Waals surface area contributed by atoms with Crippen LogP contribution in [0.4, 0.5) is 0 Å². The fourth-order valence-corrected chi connectivity index (χ4v) is 3.12. The highest BCUT2D eigenvalue weighted by molar-refractivity contribution is 5.76. The van der Waals surface area contributed by atoms with Gasteiger partial charge in [-0.2, -0.15) is 0 Å². The maximum Gasteiger partial charge on any atom is 0.223 e. The molecule has 1 amide bonds. The fraction of sp³-hybridized carbons (Fsp3) is 0.929. The molecule has 1 saturated carbocycles. The van der Waals surface area contributed by atoms with E-state index in [0.29, 0.717) is 31.5 Å². The average molecular weight is 254 g/mol. The third-order valence-corrected chi connectivity index (χ3v) is 4.07. The highest BCUT2D eigenvalue weighted by Gasteiger charge is 2.31. The monoisotopic (exact) mass is 254 g/mol. The van der Waals surface area contributed by atoms with Gasteiger partial charge >= 0.3 is 0 Å². The first kappa shape index (κ1) is 13.8. The van der Waals surface area contributed by atoms with Crippen molar-refractivity contribution in [2.45, 2.75) is 57.6 Å². The van der Waals surface area contributed by atoms with E-state index >= 15 is 0 Å². The second-order valence-corrected chi connectivity index (χ2v) is 6.42. The van der Waals surface area contributed by atoms with Gasteiger partial charge in [0, 0.05) is 25.6 Å². The molecule has 2 unspecified atom stereocenters. The Morgan fingerprint density at radius 2 is 2.22 bits per heavy atom. The predicted octanol–water partition coefficient (Wildman–Crippen LogP) is 1.53. The van der Waals surface area contributed by atoms with Gasteiger partial charge in [0.25, 0.3) is 0 Å². The molecule has 0 radical (unpaired) electrons. The molecule has 2 rings (SSSR count). The SMILES string of the molecule is CC1(C)CN(C(=O)CC2CCCC(N)C2)CCO1. The summed E-state index contributed by atoms with van der Waals surface area (Å²) in [7, 11) is 0. The Bertz CT molecular complexity index is 304. The highest BCUT2D eigenvalue weighted by atomic mass is 16.5. The minimum Gasteiger partial charge on any atom is -0.372 e. The molecule has 18 heavy (non-hydrogen) atoms. The van der Waals surface area contributed by atoms with Crippen LogP contribution in [0.3, 0.4) is 0 Å². The number of rotatable bonds is 2. The van der Waals surface area contributed by atoms with Crippen LogP contribution in [0.1, 0.15) is 46.0 Å². The van der Waals surface area contributed by atoms with Crippen molar-refractivity contribution in [1.82, 2.24) is 4.90 Å². The van der Waals surface area contributed by atoms with Gasteiger partial charge in [0.05, 0.1) is 12.2 Å². The van der Waals surface area contributed by atoms with Gasteiger partial charge in [0.2, 0.25) is 5.91 Å². The molecule has 104 valence electrons. The van der Waals surface area contributed by atoms with Gasteiger partial charge in [-0.25, -0.2) is 0 Å². The van der Waals surface area contributed by atoms with Crippen LogP contribution in [0, 0.1) is 5.92 Å². The Labute approximate surface area is 110 Å². The summed E-state index contributed by atoms with van der Waals surface area (Å²) in [6.45, 7) is 6.19. The Morgan fingerprint density at radius 3 is 2.89 bits per heavy atom. The van der Waals surface area contributed by atoms with E-state index in [1.54, 1.807) is 0 Å². The van der Waals surface area contributed by atoms with Gasteiger partial charge in [-0.3, -0.25) is 4.79 Å². The lowest BCUT2D eigenvalue weighted by molar-refractivity contribution is -0.147. The van der Waals surface area contributed by atoms with Crippen LogP contribution in [0.25, 0.3) is 0 Å². The van der Waals surface area contributed by atoms with E-state index in [1.807, 2.05) is 18.7 Å². The van der Waals surface area contributed by atoms with Crippen LogP contribution in [0.5, 0.6) is 0 Å². The molecule has 2 fully saturated rings. The van der Waals surface area contributed by atoms with Gasteiger partial charge < -0.3 is 15.4 Å². The van der Waals surface area contributed by atoms with Crippen LogP contribution < -0.4 is 5.73 Å². The normalized spacial score (nSPS) is 32.3. The number of carbonyl (C=O) groups excluding carboxylic acids is 1. The second-order valence-electron chi connectivity index (χ2n) is 6.42. The van der Waals surface area contributed by atoms with Crippen molar-refractivity contribution in [3.8, 4) is 0 Å². The molecule has 2 N–H and O–H groups in total. The van der Waals surface area contributed by atoms with Crippen LogP contribution in [0.2, 0.25) is 0 Å². The number of nitrogens with two attached hydrogens (primary N) is 1. The molecule has 1 saturated heterocycles. The average Bonchev–Trinajstić information content (AvgIpc) is 2.27. The van der Waals surface area contributed by atoms with Gasteiger partial charge in [-0.1, -0.05) is 6.42 Å². The molecule has 1 aliphatic carbocycles. The summed E-state index contributed by atoms with van der Waals surface area (Å²) in [6.07, 6.45) is 5.14. The second kappa shape index (κ2) is 5.57. The smallest absolute Gasteiger partial charge is 0.223 e. The number of ether oxygens (including phenoxy) is 1. The summed E-state index contributed by atoms with van der Waals surface area (Å²) in [6, 6.07) is 0.303. The maximum atomic E-state index is 12.3. The van der Waals surface area contributed by atoms with E-state index in [0.717, 1.165) is 25.8 Å². The minimum absolute atomic E-state index is 0.198. The molecule has 1 heterocycles. The molecule has 0 aromatic heterocycles. The molecular formula is C14H26N2O2. The Morgan fingerprint density at radius 1 is 1.44 bits per heavy atom. The number of nitrogens with zero attached hydrogens (tertiary/aromatic N) is 1. The van der Waals surface area contributed by atoms with E-state index in [-0.39, 0.29) is 11.5 Å². The predicted molar refractivity (Wildman–Crippen MR) is 71.2 cm³/mol. The third-order valence-electron chi connectivity index (χ3n) is 4.07. The third kappa shape index (κ3) is 3.69. The van der Waals surface area contributed by atoms with Gasteiger partial charge in [0.15, 0.2) is 0 Å². The zero-order chi connectivity index (χ0) is 13.2. The van der Waals surface area contributed by atoms with Crippen LogP contribution in [-0.4, -0.2) is 42.1 Å². The van der Waals surface area contributed by atoms with E-state index in [9.17, 15) is 4.79 Å². The lowest BCUT2D eigenvalue weighted by Crippen LogP contribution is -2.51. The number of amides is 1. The summed E-state index contributed by atoms with van der Waals surface area (Å²) in [4.78, 5) is 14.3. The Hall–Kier alpha value is -0.610. The van der Waals surface area contributed by atoms with E-state index in [1.165, 1.54) is 6.42 Å². The van der Waals surface area contributed by atoms with Crippen molar-refractivity contribution >= 4 is 5.91 Å². The van der Waals surface area contributed by atoms with Crippen molar-refractivity contribution in [3.05, 3.63) is 0 Å². The van der Waals surface area contributed by atoms with Gasteiger partial charge in [0.1, 0.15) is 0 Å². The maximum absolute atomic E-state index is 12.3. The van der Waals surface area contributed by atoms with Gasteiger partial charge in [-0.15, -0.1) is 0 Å². The lowest BCUT2D eigenvalue weighted by atomic mass is 9.84. The van der Waals surface area contributed by atoms with E-state index in [2.05, 4.69) is 0 Å². The van der Waals surface area contributed by atoms with Crippen LogP contribution in [-0.2, 0) is 9.53 Å². The molecule has 0 spiro atoms. The van der Waals surface area contributed by atoms with Crippen molar-refractivity contribution in [1.29, 1.82) is 0 Å². The lowest BCUT2D eigenvalue weighted by Gasteiger charge is -2.39. The largest absolute Gasteiger partial charge is 0.372 e. The summed E-state index contributed by atoms with van der Waals surface area (Å²) in [5.74, 6) is 0.776. The fourth-order valence-electron chi connectivity index (χ4n) is 3.12. The topological polar surface area (TPSA) is 55.6 Å². The molecule has 0 aromatic rings. The Balaban J connectivity index is 1.83. The van der Waals surface area contributed by atoms with Crippen molar-refractivity contribution < 1.29 is 9.53 Å². The van der Waals surface area contributed by atoms with Crippen molar-refractivity contribution in [2.75, 3.05) is 19.7 Å². The number of morpholine rings is 1. The number of hydrogen-bond acceptors (Lipinski definition) is 3. The molecule has 4 heteroatoms. The van der Waals surface area contributed by atoms with Gasteiger partial charge in [-0.05, 0) is 39.0 Å². The van der Waals surface area contributed by atoms with Crippen LogP contribution in [0.15, 0.2) is 0 Å². The molecule has 4 nitrogen and oxygen atoms in total. The molecule has 0 bridgehead atoms. The molecule has 2 aliphatic rings. The summed E-state index contributed by atoms with van der Waals surface area (Å²) in [5.41, 5.74) is 5.78. The zero-order valence-electron chi connectivity index (χ0n) is 11.7. The first-order valence-electron chi connectivity index (χ1n) is 7.13. The highest BCUT2D eigenvalue weighted by Crippen LogP contribution is 2.27. The minimum atomic E-state index is -0.198. The van der Waals surface area contributed by atoms with Crippen LogP contribution >= 0.6 is 0 Å². The summed E-state index contributed by atoms with van der Waals surface area (Å²) in [5, 5.41) is 0. The molecule has 1 aliphatic heterocycles. The molecule has 0 aromatic carbocycles. The first-order chi connectivity index (χ1) is 8.46. The summed E-state index contributed by atoms with van der Waals surface area (Å²) >= 11 is 0. The van der Waals surface area contributed by atoms with Crippen molar-refractivity contribution in [2.24, 2.45) is 11.7 Å². The molecule has 2 atom stereocenters. The van der Waals surface area contributed by atoms with Crippen molar-refractivity contribution in [3.63, 3.8) is 0 Å². The van der Waals surface area contributed by atoms with E-state index < -0.39 is 0 Å². The Kier molecular flexibility index (Phi) is 4.28. The molecular weight excluding hydrogens is 228 g/mol. The number of carbonyl (C=O) groups is 1. The van der Waals surface area contributed by atoms with E-state index in [4.69, 9.17) is 10.5 Å². The zero-order valence-corrected chi connectivity index (χ0v) is 11.7. The first-order valence-corrected chi connectivity index (χ1v) is 7.13. The number of hydrogen-bond donors (Lipinski definition) is 1. The summed E-state index contributed by atoms with van der Waals surface area (Å²) < 4.78 is 5.64. The quantitative estimate of drug-likeness (QED) is 0.813. The standard InChI is InChI=1S/C14H26N2O2/c1-14(2)10-16(6-7-18-14)13(17)9-11-4-3-5-12(15)8-11/h11-12H,3-10,15H2,1-2H3.